The quantitative estimate of drug-likeness (QED) is 0.446. The number of nitrogens with one attached hydrogen (secondary N) is 2. The average molecular weight is 308 g/mol. The van der Waals surface area contributed by atoms with Gasteiger partial charge in [-0.15, -0.1) is 0 Å². The number of unbranched alkanes of at least 4 members (excludes halogenated alkanes) is 1. The maximum Gasteiger partial charge on any atom is 0.408 e. The fourth-order valence-electron chi connectivity index (χ4n) is 1.80. The van der Waals surface area contributed by atoms with Gasteiger partial charge in [0.15, 0.2) is 0 Å². The lowest BCUT2D eigenvalue weighted by Gasteiger charge is -2.14. The van der Waals surface area contributed by atoms with Crippen LogP contribution in [-0.4, -0.2) is 36.2 Å². The summed E-state index contributed by atoms with van der Waals surface area (Å²) < 4.78 is 4.98. The molecule has 7 heteroatoms. The van der Waals surface area contributed by atoms with Crippen molar-refractivity contribution in [2.24, 2.45) is 0 Å². The fourth-order valence-corrected chi connectivity index (χ4v) is 1.80. The molecule has 1 rings (SSSR count). The van der Waals surface area contributed by atoms with Crippen molar-refractivity contribution in [1.29, 1.82) is 0 Å². The SMILES string of the molecule is O=CNCCCC[C@@H](NC(=O)OCc1ccccc1)C(=O)O. The van der Waals surface area contributed by atoms with Gasteiger partial charge in [0.1, 0.15) is 12.6 Å². The Bertz CT molecular complexity index is 478. The van der Waals surface area contributed by atoms with Gasteiger partial charge in [-0.05, 0) is 24.8 Å². The van der Waals surface area contributed by atoms with Crippen LogP contribution in [0.5, 0.6) is 0 Å². The third-order valence-corrected chi connectivity index (χ3v) is 2.95. The fraction of sp³-hybridized carbons (Fsp3) is 0.400. The van der Waals surface area contributed by atoms with E-state index in [2.05, 4.69) is 10.6 Å². The van der Waals surface area contributed by atoms with Crippen LogP contribution in [0.25, 0.3) is 0 Å². The highest BCUT2D eigenvalue weighted by Gasteiger charge is 2.20. The summed E-state index contributed by atoms with van der Waals surface area (Å²) in [6.45, 7) is 0.566. The Morgan fingerprint density at radius 1 is 1.23 bits per heavy atom. The Hall–Kier alpha value is -2.57. The standard InChI is InChI=1S/C15H20N2O5/c18-11-16-9-5-4-8-13(14(19)20)17-15(21)22-10-12-6-2-1-3-7-12/h1-3,6-7,11,13H,4-5,8-10H2,(H,16,18)(H,17,21)(H,19,20)/t13-/m1/s1. The maximum absolute atomic E-state index is 11.6. The molecule has 0 bridgehead atoms. The summed E-state index contributed by atoms with van der Waals surface area (Å²) in [7, 11) is 0. The molecule has 1 aromatic rings. The number of amides is 2. The molecular formula is C15H20N2O5. The predicted molar refractivity (Wildman–Crippen MR) is 79.1 cm³/mol. The van der Waals surface area contributed by atoms with Crippen LogP contribution >= 0.6 is 0 Å². The van der Waals surface area contributed by atoms with Gasteiger partial charge in [-0.2, -0.15) is 0 Å². The van der Waals surface area contributed by atoms with Crippen molar-refractivity contribution in [3.63, 3.8) is 0 Å². The molecule has 3 N–H and O–H groups in total. The maximum atomic E-state index is 11.6. The van der Waals surface area contributed by atoms with Gasteiger partial charge in [0.2, 0.25) is 6.41 Å². The van der Waals surface area contributed by atoms with E-state index in [1.54, 1.807) is 0 Å². The van der Waals surface area contributed by atoms with Crippen LogP contribution in [0.2, 0.25) is 0 Å². The number of ether oxygens (including phenoxy) is 1. The van der Waals surface area contributed by atoms with Crippen LogP contribution in [0.3, 0.4) is 0 Å². The first-order valence-electron chi connectivity index (χ1n) is 7.00. The van der Waals surface area contributed by atoms with E-state index < -0.39 is 18.1 Å². The number of carboxylic acids is 1. The van der Waals surface area contributed by atoms with E-state index in [4.69, 9.17) is 9.84 Å². The molecule has 0 unspecified atom stereocenters. The summed E-state index contributed by atoms with van der Waals surface area (Å²) in [6, 6.07) is 8.11. The van der Waals surface area contributed by atoms with Gasteiger partial charge in [0.05, 0.1) is 0 Å². The molecule has 0 saturated carbocycles. The summed E-state index contributed by atoms with van der Waals surface area (Å²) in [5.74, 6) is -1.11. The zero-order chi connectivity index (χ0) is 16.2. The molecule has 0 spiro atoms. The van der Waals surface area contributed by atoms with Crippen molar-refractivity contribution >= 4 is 18.5 Å². The molecule has 2 amide bonds. The number of carbonyl (C=O) groups is 3. The summed E-state index contributed by atoms with van der Waals surface area (Å²) in [6.07, 6.45) is 1.31. The minimum absolute atomic E-state index is 0.0856. The van der Waals surface area contributed by atoms with Crippen LogP contribution in [-0.2, 0) is 20.9 Å². The van der Waals surface area contributed by atoms with Gasteiger partial charge in [-0.25, -0.2) is 9.59 Å². The highest BCUT2D eigenvalue weighted by atomic mass is 16.5. The van der Waals surface area contributed by atoms with Crippen molar-refractivity contribution in [2.75, 3.05) is 6.54 Å². The van der Waals surface area contributed by atoms with E-state index in [0.29, 0.717) is 25.8 Å². The van der Waals surface area contributed by atoms with Crippen molar-refractivity contribution in [3.05, 3.63) is 35.9 Å². The second-order valence-corrected chi connectivity index (χ2v) is 4.66. The lowest BCUT2D eigenvalue weighted by molar-refractivity contribution is -0.139. The molecule has 22 heavy (non-hydrogen) atoms. The van der Waals surface area contributed by atoms with E-state index in [1.165, 1.54) is 0 Å². The number of aliphatic carboxylic acids is 1. The van der Waals surface area contributed by atoms with E-state index in [9.17, 15) is 14.4 Å². The first-order chi connectivity index (χ1) is 10.6. The summed E-state index contributed by atoms with van der Waals surface area (Å²) in [4.78, 5) is 32.8. The number of rotatable bonds is 10. The molecule has 0 fully saturated rings. The topological polar surface area (TPSA) is 105 Å². The van der Waals surface area contributed by atoms with Gasteiger partial charge in [-0.1, -0.05) is 30.3 Å². The van der Waals surface area contributed by atoms with Gasteiger partial charge in [0.25, 0.3) is 0 Å². The van der Waals surface area contributed by atoms with Crippen LogP contribution < -0.4 is 10.6 Å². The minimum Gasteiger partial charge on any atom is -0.480 e. The Kier molecular flexibility index (Phi) is 8.10. The molecule has 0 heterocycles. The Balaban J connectivity index is 2.30. The van der Waals surface area contributed by atoms with E-state index in [0.717, 1.165) is 5.56 Å². The first kappa shape index (κ1) is 17.5. The Labute approximate surface area is 128 Å². The van der Waals surface area contributed by atoms with Gasteiger partial charge in [0, 0.05) is 6.54 Å². The molecule has 0 saturated heterocycles. The summed E-state index contributed by atoms with van der Waals surface area (Å²) in [5.41, 5.74) is 0.824. The van der Waals surface area contributed by atoms with Gasteiger partial charge >= 0.3 is 12.1 Å². The third-order valence-electron chi connectivity index (χ3n) is 2.95. The largest absolute Gasteiger partial charge is 0.480 e. The zero-order valence-electron chi connectivity index (χ0n) is 12.2. The van der Waals surface area contributed by atoms with E-state index in [-0.39, 0.29) is 13.0 Å². The molecular weight excluding hydrogens is 288 g/mol. The monoisotopic (exact) mass is 308 g/mol. The molecule has 1 atom stereocenters. The highest BCUT2D eigenvalue weighted by molar-refractivity contribution is 5.79. The molecule has 0 aliphatic heterocycles. The lowest BCUT2D eigenvalue weighted by Crippen LogP contribution is -2.41. The third kappa shape index (κ3) is 7.28. The molecule has 120 valence electrons. The summed E-state index contributed by atoms with van der Waals surface area (Å²) >= 11 is 0. The molecule has 0 radical (unpaired) electrons. The van der Waals surface area contributed by atoms with Gasteiger partial charge < -0.3 is 20.5 Å². The van der Waals surface area contributed by atoms with Crippen molar-refractivity contribution in [3.8, 4) is 0 Å². The average Bonchev–Trinajstić information content (AvgIpc) is 2.52. The van der Waals surface area contributed by atoms with Crippen molar-refractivity contribution in [2.45, 2.75) is 31.9 Å². The number of carbonyl (C=O) groups excluding carboxylic acids is 2. The normalized spacial score (nSPS) is 11.3. The second kappa shape index (κ2) is 10.2. The molecule has 7 nitrogen and oxygen atoms in total. The number of hydrogen-bond acceptors (Lipinski definition) is 4. The number of alkyl carbamates (subject to hydrolysis) is 1. The number of hydrogen-bond donors (Lipinski definition) is 3. The lowest BCUT2D eigenvalue weighted by atomic mass is 10.1. The summed E-state index contributed by atoms with van der Waals surface area (Å²) in [5, 5.41) is 13.9. The predicted octanol–water partition coefficient (Wildman–Crippen LogP) is 1.28. The van der Waals surface area contributed by atoms with Crippen LogP contribution in [0.15, 0.2) is 30.3 Å². The van der Waals surface area contributed by atoms with E-state index in [1.807, 2.05) is 30.3 Å². The smallest absolute Gasteiger partial charge is 0.408 e. The van der Waals surface area contributed by atoms with Gasteiger partial charge in [-0.3, -0.25) is 4.79 Å². The second-order valence-electron chi connectivity index (χ2n) is 4.66. The van der Waals surface area contributed by atoms with Crippen LogP contribution in [0.1, 0.15) is 24.8 Å². The van der Waals surface area contributed by atoms with Crippen LogP contribution in [0, 0.1) is 0 Å². The first-order valence-corrected chi connectivity index (χ1v) is 7.00. The molecule has 0 aromatic heterocycles. The van der Waals surface area contributed by atoms with Crippen LogP contribution in [0.4, 0.5) is 4.79 Å². The van der Waals surface area contributed by atoms with Crippen molar-refractivity contribution in [1.82, 2.24) is 10.6 Å². The van der Waals surface area contributed by atoms with Crippen molar-refractivity contribution < 1.29 is 24.2 Å². The molecule has 1 aromatic carbocycles. The minimum atomic E-state index is -1.11. The zero-order valence-corrected chi connectivity index (χ0v) is 12.2. The Morgan fingerprint density at radius 3 is 2.59 bits per heavy atom. The Morgan fingerprint density at radius 2 is 1.95 bits per heavy atom. The highest BCUT2D eigenvalue weighted by Crippen LogP contribution is 2.04. The number of carboxylic acid groups (broad SMARTS) is 1. The number of benzene rings is 1. The van der Waals surface area contributed by atoms with E-state index >= 15 is 0 Å². The molecule has 0 aliphatic carbocycles. The molecule has 0 aliphatic rings.